The Labute approximate surface area is 260 Å². The summed E-state index contributed by atoms with van der Waals surface area (Å²) < 4.78 is 11.2. The van der Waals surface area contributed by atoms with Gasteiger partial charge in [0.2, 0.25) is 0 Å². The Morgan fingerprint density at radius 3 is 1.88 bits per heavy atom. The lowest BCUT2D eigenvalue weighted by molar-refractivity contribution is 0.0534. The van der Waals surface area contributed by atoms with Gasteiger partial charge in [-0.05, 0) is 48.3 Å². The summed E-state index contributed by atoms with van der Waals surface area (Å²) in [5, 5.41) is 2.21. The fourth-order valence-corrected chi connectivity index (χ4v) is 9.38. The van der Waals surface area contributed by atoms with Crippen molar-refractivity contribution in [3.05, 3.63) is 34.5 Å². The minimum atomic E-state index is 0.548. The van der Waals surface area contributed by atoms with E-state index in [0.717, 1.165) is 25.0 Å². The Morgan fingerprint density at radius 1 is 0.683 bits per heavy atom. The molecule has 3 heterocycles. The summed E-state index contributed by atoms with van der Waals surface area (Å²) in [7, 11) is 1.76. The van der Waals surface area contributed by atoms with E-state index < -0.39 is 0 Å². The van der Waals surface area contributed by atoms with E-state index in [-0.39, 0.29) is 0 Å². The second-order valence-electron chi connectivity index (χ2n) is 12.7. The average Bonchev–Trinajstić information content (AvgIpc) is 3.74. The molecule has 0 aromatic carbocycles. The SMILES string of the molecule is COCCOCCN1CC2CCCCCCCCCCCCCCCCCCCC2C1c1ccc(-c2cccs2)s1. The topological polar surface area (TPSA) is 21.7 Å². The molecule has 1 aliphatic heterocycles. The zero-order chi connectivity index (χ0) is 28.4. The van der Waals surface area contributed by atoms with E-state index in [1.807, 2.05) is 11.3 Å². The van der Waals surface area contributed by atoms with Crippen LogP contribution in [0.2, 0.25) is 0 Å². The lowest BCUT2D eigenvalue weighted by Crippen LogP contribution is -2.29. The van der Waals surface area contributed by atoms with Crippen molar-refractivity contribution in [2.75, 3.05) is 40.0 Å². The van der Waals surface area contributed by atoms with Gasteiger partial charge in [0, 0.05) is 40.9 Å². The summed E-state index contributed by atoms with van der Waals surface area (Å²) in [5.41, 5.74) is 0. The standard InChI is InChI=1S/C36H59NO2S2/c1-38-27-28-39-26-25-37-30-31-20-17-15-13-11-9-7-5-3-2-4-6-8-10-12-14-16-18-21-32(31)36(37)35-24-23-34(41-35)33-22-19-29-40-33/h19,22-24,29,31-32,36H,2-18,20-21,25-28,30H2,1H3. The molecule has 3 nitrogen and oxygen atoms in total. The molecule has 0 spiro atoms. The maximum atomic E-state index is 6.00. The monoisotopic (exact) mass is 601 g/mol. The van der Waals surface area contributed by atoms with Gasteiger partial charge in [0.05, 0.1) is 19.8 Å². The molecule has 0 radical (unpaired) electrons. The van der Waals surface area contributed by atoms with Crippen molar-refractivity contribution >= 4 is 22.7 Å². The number of fused-ring (bicyclic) bond motifs is 1. The van der Waals surface area contributed by atoms with E-state index in [4.69, 9.17) is 9.47 Å². The van der Waals surface area contributed by atoms with Gasteiger partial charge in [0.25, 0.3) is 0 Å². The van der Waals surface area contributed by atoms with Crippen LogP contribution in [0.15, 0.2) is 29.6 Å². The van der Waals surface area contributed by atoms with Crippen LogP contribution in [0.1, 0.15) is 133 Å². The van der Waals surface area contributed by atoms with E-state index in [1.54, 1.807) is 12.0 Å². The van der Waals surface area contributed by atoms with Gasteiger partial charge in [-0.1, -0.05) is 115 Å². The third-order valence-electron chi connectivity index (χ3n) is 9.62. The van der Waals surface area contributed by atoms with Crippen LogP contribution in [0, 0.1) is 11.8 Å². The largest absolute Gasteiger partial charge is 0.382 e. The average molecular weight is 602 g/mol. The van der Waals surface area contributed by atoms with Gasteiger partial charge in [0.1, 0.15) is 0 Å². The van der Waals surface area contributed by atoms with Gasteiger partial charge in [-0.3, -0.25) is 4.90 Å². The quantitative estimate of drug-likeness (QED) is 0.281. The first-order valence-electron chi connectivity index (χ1n) is 17.3. The van der Waals surface area contributed by atoms with Crippen molar-refractivity contribution in [3.63, 3.8) is 0 Å². The first-order chi connectivity index (χ1) is 20.4. The maximum Gasteiger partial charge on any atom is 0.0700 e. The summed E-state index contributed by atoms with van der Waals surface area (Å²) in [5.74, 6) is 1.60. The smallest absolute Gasteiger partial charge is 0.0700 e. The van der Waals surface area contributed by atoms with Gasteiger partial charge in [0.15, 0.2) is 0 Å². The van der Waals surface area contributed by atoms with Crippen LogP contribution in [0.5, 0.6) is 0 Å². The van der Waals surface area contributed by atoms with E-state index >= 15 is 0 Å². The number of methoxy groups -OCH3 is 1. The predicted molar refractivity (Wildman–Crippen MR) is 179 cm³/mol. The van der Waals surface area contributed by atoms with E-state index in [0.29, 0.717) is 19.3 Å². The molecular formula is C36H59NO2S2. The van der Waals surface area contributed by atoms with Crippen molar-refractivity contribution in [1.29, 1.82) is 0 Å². The highest BCUT2D eigenvalue weighted by Crippen LogP contribution is 2.48. The van der Waals surface area contributed by atoms with Crippen LogP contribution >= 0.6 is 22.7 Å². The van der Waals surface area contributed by atoms with Crippen molar-refractivity contribution in [2.45, 2.75) is 128 Å². The molecule has 0 bridgehead atoms. The number of hydrogen-bond donors (Lipinski definition) is 0. The van der Waals surface area contributed by atoms with Crippen LogP contribution in [-0.4, -0.2) is 44.9 Å². The van der Waals surface area contributed by atoms with Gasteiger partial charge in [-0.25, -0.2) is 0 Å². The number of hydrogen-bond acceptors (Lipinski definition) is 5. The Balaban J connectivity index is 1.42. The fraction of sp³-hybridized carbons (Fsp3) is 0.778. The van der Waals surface area contributed by atoms with Gasteiger partial charge < -0.3 is 9.47 Å². The summed E-state index contributed by atoms with van der Waals surface area (Å²) in [6.45, 7) is 4.47. The molecule has 2 aliphatic rings. The molecule has 41 heavy (non-hydrogen) atoms. The molecule has 3 atom stereocenters. The molecule has 3 unspecified atom stereocenters. The van der Waals surface area contributed by atoms with Crippen LogP contribution in [-0.2, 0) is 9.47 Å². The molecule has 2 fully saturated rings. The second kappa shape index (κ2) is 20.3. The van der Waals surface area contributed by atoms with Crippen LogP contribution in [0.4, 0.5) is 0 Å². The number of thiophene rings is 2. The molecule has 0 amide bonds. The second-order valence-corrected chi connectivity index (χ2v) is 14.8. The van der Waals surface area contributed by atoms with Crippen molar-refractivity contribution in [3.8, 4) is 9.75 Å². The molecule has 0 N–H and O–H groups in total. The summed E-state index contributed by atoms with van der Waals surface area (Å²) >= 11 is 3.92. The highest BCUT2D eigenvalue weighted by Gasteiger charge is 2.42. The Hall–Kier alpha value is -0.720. The Morgan fingerprint density at radius 2 is 1.29 bits per heavy atom. The lowest BCUT2D eigenvalue weighted by Gasteiger charge is -2.28. The molecule has 232 valence electrons. The molecular weight excluding hydrogens is 543 g/mol. The van der Waals surface area contributed by atoms with Crippen LogP contribution in [0.25, 0.3) is 9.75 Å². The number of nitrogens with zero attached hydrogens (tertiary/aromatic N) is 1. The lowest BCUT2D eigenvalue weighted by atomic mass is 9.82. The molecule has 4 rings (SSSR count). The Bertz CT molecular complexity index is 897. The first kappa shape index (κ1) is 33.2. The number of rotatable bonds is 8. The van der Waals surface area contributed by atoms with Gasteiger partial charge >= 0.3 is 0 Å². The minimum absolute atomic E-state index is 0.548. The summed E-state index contributed by atoms with van der Waals surface area (Å²) in [6.07, 6.45) is 27.4. The normalized spacial score (nSPS) is 25.4. The minimum Gasteiger partial charge on any atom is -0.382 e. The molecule has 2 aromatic heterocycles. The zero-order valence-electron chi connectivity index (χ0n) is 26.2. The number of ether oxygens (including phenoxy) is 2. The van der Waals surface area contributed by atoms with E-state index in [1.165, 1.54) is 138 Å². The third kappa shape index (κ3) is 11.7. The number of likely N-dealkylation sites (tertiary alicyclic amines) is 1. The highest BCUT2D eigenvalue weighted by atomic mass is 32.1. The van der Waals surface area contributed by atoms with E-state index in [2.05, 4.69) is 45.9 Å². The summed E-state index contributed by atoms with van der Waals surface area (Å²) in [6, 6.07) is 9.86. The molecule has 5 heteroatoms. The van der Waals surface area contributed by atoms with Gasteiger partial charge in [-0.2, -0.15) is 0 Å². The maximum absolute atomic E-state index is 6.00. The highest BCUT2D eigenvalue weighted by molar-refractivity contribution is 7.21. The fourth-order valence-electron chi connectivity index (χ4n) is 7.33. The van der Waals surface area contributed by atoms with Crippen molar-refractivity contribution < 1.29 is 9.47 Å². The molecule has 1 saturated heterocycles. The molecule has 1 saturated carbocycles. The van der Waals surface area contributed by atoms with Gasteiger partial charge in [-0.15, -0.1) is 22.7 Å². The zero-order valence-corrected chi connectivity index (χ0v) is 27.8. The van der Waals surface area contributed by atoms with Crippen molar-refractivity contribution in [2.24, 2.45) is 11.8 Å². The predicted octanol–water partition coefficient (Wildman–Crippen LogP) is 11.2. The Kier molecular flexibility index (Phi) is 16.4. The van der Waals surface area contributed by atoms with E-state index in [9.17, 15) is 0 Å². The molecule has 2 aromatic rings. The van der Waals surface area contributed by atoms with Crippen LogP contribution < -0.4 is 0 Å². The molecule has 1 aliphatic carbocycles. The third-order valence-corrected chi connectivity index (χ3v) is 11.8. The van der Waals surface area contributed by atoms with Crippen LogP contribution in [0.3, 0.4) is 0 Å². The van der Waals surface area contributed by atoms with Crippen molar-refractivity contribution in [1.82, 2.24) is 4.90 Å². The first-order valence-corrected chi connectivity index (χ1v) is 19.0. The summed E-state index contributed by atoms with van der Waals surface area (Å²) in [4.78, 5) is 7.25.